The van der Waals surface area contributed by atoms with Gasteiger partial charge in [-0.2, -0.15) is 0 Å². The van der Waals surface area contributed by atoms with Crippen LogP contribution in [0.1, 0.15) is 25.7 Å². The van der Waals surface area contributed by atoms with Crippen LogP contribution in [0.5, 0.6) is 0 Å². The van der Waals surface area contributed by atoms with Crippen molar-refractivity contribution < 1.29 is 9.59 Å². The van der Waals surface area contributed by atoms with E-state index >= 15 is 0 Å². The standard InChI is InChI=1S/C27H21N5O2S/c1-16-20(25(33)31-18-8-4-2-5-9-18)21(17-12-14-29-15-13-17)22-23(28)24(35-27(22)30-16)26(34)32-19-10-6-3-7-11-19/h2-15H,28H2,1H3,(H,31,33)(H,32,34). The average Bonchev–Trinajstić information content (AvgIpc) is 3.20. The van der Waals surface area contributed by atoms with Crippen LogP contribution >= 0.6 is 11.3 Å². The van der Waals surface area contributed by atoms with Gasteiger partial charge in [0.25, 0.3) is 11.8 Å². The first kappa shape index (κ1) is 22.2. The Bertz CT molecular complexity index is 1530. The van der Waals surface area contributed by atoms with Crippen molar-refractivity contribution in [1.82, 2.24) is 9.97 Å². The summed E-state index contributed by atoms with van der Waals surface area (Å²) >= 11 is 1.20. The van der Waals surface area contributed by atoms with Crippen LogP contribution in [0, 0.1) is 6.92 Å². The highest BCUT2D eigenvalue weighted by atomic mass is 32.1. The Labute approximate surface area is 205 Å². The molecule has 3 aromatic heterocycles. The Morgan fingerprint density at radius 2 is 1.40 bits per heavy atom. The zero-order valence-corrected chi connectivity index (χ0v) is 19.6. The molecule has 0 aliphatic rings. The molecular formula is C27H21N5O2S. The van der Waals surface area contributed by atoms with E-state index in [2.05, 4.69) is 20.6 Å². The smallest absolute Gasteiger partial charge is 0.267 e. The highest BCUT2D eigenvalue weighted by Gasteiger charge is 2.26. The maximum absolute atomic E-state index is 13.5. The second kappa shape index (κ2) is 9.36. The Kier molecular flexibility index (Phi) is 5.95. The number of fused-ring (bicyclic) bond motifs is 1. The molecule has 5 rings (SSSR count). The third-order valence-electron chi connectivity index (χ3n) is 5.52. The lowest BCUT2D eigenvalue weighted by Crippen LogP contribution is -2.16. The number of hydrogen-bond donors (Lipinski definition) is 3. The molecule has 172 valence electrons. The van der Waals surface area contributed by atoms with Gasteiger partial charge in [0.05, 0.1) is 16.9 Å². The molecule has 0 saturated carbocycles. The summed E-state index contributed by atoms with van der Waals surface area (Å²) in [5, 5.41) is 6.40. The number of carbonyl (C=O) groups is 2. The van der Waals surface area contributed by atoms with Gasteiger partial charge in [0.1, 0.15) is 9.71 Å². The fourth-order valence-corrected chi connectivity index (χ4v) is 4.99. The number of benzene rings is 2. The first-order valence-corrected chi connectivity index (χ1v) is 11.7. The molecule has 2 amide bonds. The van der Waals surface area contributed by atoms with Crippen molar-refractivity contribution in [2.45, 2.75) is 6.92 Å². The highest BCUT2D eigenvalue weighted by Crippen LogP contribution is 2.42. The molecule has 0 aliphatic heterocycles. The SMILES string of the molecule is Cc1nc2sc(C(=O)Nc3ccccc3)c(N)c2c(-c2ccncc2)c1C(=O)Nc1ccccc1. The summed E-state index contributed by atoms with van der Waals surface area (Å²) in [7, 11) is 0. The van der Waals surface area contributed by atoms with Gasteiger partial charge in [-0.3, -0.25) is 14.6 Å². The Morgan fingerprint density at radius 3 is 2.00 bits per heavy atom. The zero-order valence-electron chi connectivity index (χ0n) is 18.8. The number of aromatic nitrogens is 2. The van der Waals surface area contributed by atoms with E-state index in [1.165, 1.54) is 11.3 Å². The summed E-state index contributed by atoms with van der Waals surface area (Å²) in [6, 6.07) is 22.0. The van der Waals surface area contributed by atoms with Gasteiger partial charge < -0.3 is 16.4 Å². The molecule has 0 bridgehead atoms. The monoisotopic (exact) mass is 479 g/mol. The van der Waals surface area contributed by atoms with Crippen LogP contribution in [0.4, 0.5) is 17.1 Å². The van der Waals surface area contributed by atoms with Crippen LogP contribution in [-0.4, -0.2) is 21.8 Å². The number of para-hydroxylation sites is 2. The molecule has 35 heavy (non-hydrogen) atoms. The number of carbonyl (C=O) groups excluding carboxylic acids is 2. The second-order valence-electron chi connectivity index (χ2n) is 7.85. The third-order valence-corrected chi connectivity index (χ3v) is 6.62. The number of rotatable bonds is 5. The molecular weight excluding hydrogens is 458 g/mol. The number of nitrogen functional groups attached to an aromatic ring is 1. The topological polar surface area (TPSA) is 110 Å². The molecule has 0 saturated heterocycles. The van der Waals surface area contributed by atoms with Gasteiger partial charge in [0, 0.05) is 34.7 Å². The number of thiophene rings is 1. The number of hydrogen-bond acceptors (Lipinski definition) is 6. The lowest BCUT2D eigenvalue weighted by molar-refractivity contribution is 0.102. The van der Waals surface area contributed by atoms with Crippen LogP contribution in [0.2, 0.25) is 0 Å². The molecule has 8 heteroatoms. The summed E-state index contributed by atoms with van der Waals surface area (Å²) in [4.78, 5) is 36.3. The fourth-order valence-electron chi connectivity index (χ4n) is 3.94. The van der Waals surface area contributed by atoms with Crippen molar-refractivity contribution in [1.29, 1.82) is 0 Å². The van der Waals surface area contributed by atoms with Crippen LogP contribution in [0.15, 0.2) is 85.2 Å². The maximum Gasteiger partial charge on any atom is 0.267 e. The van der Waals surface area contributed by atoms with Crippen molar-refractivity contribution in [2.75, 3.05) is 16.4 Å². The van der Waals surface area contributed by atoms with Crippen molar-refractivity contribution in [3.63, 3.8) is 0 Å². The van der Waals surface area contributed by atoms with E-state index in [4.69, 9.17) is 5.73 Å². The normalized spacial score (nSPS) is 10.8. The van der Waals surface area contributed by atoms with Gasteiger partial charge in [-0.25, -0.2) is 4.98 Å². The number of aryl methyl sites for hydroxylation is 1. The quantitative estimate of drug-likeness (QED) is 0.297. The Morgan fingerprint density at radius 1 is 0.829 bits per heavy atom. The predicted octanol–water partition coefficient (Wildman–Crippen LogP) is 5.75. The minimum absolute atomic E-state index is 0.284. The van der Waals surface area contributed by atoms with Gasteiger partial charge in [0.15, 0.2) is 0 Å². The molecule has 2 aromatic carbocycles. The van der Waals surface area contributed by atoms with Crippen molar-refractivity contribution in [3.05, 3.63) is 101 Å². The molecule has 7 nitrogen and oxygen atoms in total. The largest absolute Gasteiger partial charge is 0.397 e. The summed E-state index contributed by atoms with van der Waals surface area (Å²) in [5.41, 5.74) is 10.5. The molecule has 0 radical (unpaired) electrons. The number of anilines is 3. The molecule has 5 aromatic rings. The summed E-state index contributed by atoms with van der Waals surface area (Å²) < 4.78 is 0. The van der Waals surface area contributed by atoms with Gasteiger partial charge in [-0.05, 0) is 48.9 Å². The Balaban J connectivity index is 1.67. The van der Waals surface area contributed by atoms with E-state index in [-0.39, 0.29) is 17.5 Å². The number of nitrogens with two attached hydrogens (primary N) is 1. The lowest BCUT2D eigenvalue weighted by Gasteiger charge is -2.15. The first-order chi connectivity index (χ1) is 17.0. The molecule has 0 atom stereocenters. The van der Waals surface area contributed by atoms with E-state index in [1.54, 1.807) is 31.5 Å². The Hall–Kier alpha value is -4.56. The minimum atomic E-state index is -0.328. The number of pyridine rings is 2. The van der Waals surface area contributed by atoms with Crippen molar-refractivity contribution in [3.8, 4) is 11.1 Å². The van der Waals surface area contributed by atoms with E-state index in [9.17, 15) is 9.59 Å². The predicted molar refractivity (Wildman–Crippen MR) is 141 cm³/mol. The van der Waals surface area contributed by atoms with E-state index in [1.807, 2.05) is 60.7 Å². The van der Waals surface area contributed by atoms with Crippen LogP contribution in [-0.2, 0) is 0 Å². The fraction of sp³-hybridized carbons (Fsp3) is 0.0370. The van der Waals surface area contributed by atoms with E-state index in [0.717, 1.165) is 5.56 Å². The molecule has 0 fully saturated rings. The maximum atomic E-state index is 13.5. The summed E-state index contributed by atoms with van der Waals surface area (Å²) in [6.07, 6.45) is 3.31. The van der Waals surface area contributed by atoms with Crippen LogP contribution < -0.4 is 16.4 Å². The van der Waals surface area contributed by atoms with Crippen LogP contribution in [0.25, 0.3) is 21.3 Å². The number of nitrogens with zero attached hydrogens (tertiary/aromatic N) is 2. The second-order valence-corrected chi connectivity index (χ2v) is 8.85. The van der Waals surface area contributed by atoms with E-state index in [0.29, 0.717) is 43.3 Å². The third kappa shape index (κ3) is 4.34. The van der Waals surface area contributed by atoms with Gasteiger partial charge >= 0.3 is 0 Å². The first-order valence-electron chi connectivity index (χ1n) is 10.9. The minimum Gasteiger partial charge on any atom is -0.397 e. The average molecular weight is 480 g/mol. The van der Waals surface area contributed by atoms with E-state index < -0.39 is 0 Å². The summed E-state index contributed by atoms with van der Waals surface area (Å²) in [6.45, 7) is 1.78. The molecule has 4 N–H and O–H groups in total. The van der Waals surface area contributed by atoms with Crippen LogP contribution in [0.3, 0.4) is 0 Å². The zero-order chi connectivity index (χ0) is 24.4. The number of amides is 2. The van der Waals surface area contributed by atoms with Gasteiger partial charge in [-0.15, -0.1) is 11.3 Å². The van der Waals surface area contributed by atoms with Gasteiger partial charge in [-0.1, -0.05) is 36.4 Å². The van der Waals surface area contributed by atoms with Crippen molar-refractivity contribution >= 4 is 50.4 Å². The molecule has 0 spiro atoms. The number of nitrogens with one attached hydrogen (secondary N) is 2. The molecule has 0 aliphatic carbocycles. The van der Waals surface area contributed by atoms with Gasteiger partial charge in [0.2, 0.25) is 0 Å². The van der Waals surface area contributed by atoms with Crippen molar-refractivity contribution in [2.24, 2.45) is 0 Å². The highest BCUT2D eigenvalue weighted by molar-refractivity contribution is 7.21. The summed E-state index contributed by atoms with van der Waals surface area (Å²) in [5.74, 6) is -0.638. The molecule has 3 heterocycles. The lowest BCUT2D eigenvalue weighted by atomic mass is 9.95. The molecule has 0 unspecified atom stereocenters.